The van der Waals surface area contributed by atoms with E-state index in [0.29, 0.717) is 22.2 Å². The number of aromatic nitrogens is 5. The molecule has 0 saturated heterocycles. The molecule has 0 aliphatic carbocycles. The third kappa shape index (κ3) is 5.24. The van der Waals surface area contributed by atoms with Crippen LogP contribution in [0.5, 0.6) is 17.5 Å². The highest BCUT2D eigenvalue weighted by Crippen LogP contribution is 2.22. The van der Waals surface area contributed by atoms with Gasteiger partial charge in [0.05, 0.1) is 26.0 Å². The normalized spacial score (nSPS) is 10.7. The molecule has 1 N–H and O–H groups in total. The highest BCUT2D eigenvalue weighted by Gasteiger charge is 2.13. The Morgan fingerprint density at radius 1 is 0.941 bits per heavy atom. The molecule has 0 atom stereocenters. The number of nitrogens with zero attached hydrogens (tertiary/aromatic N) is 5. The zero-order valence-corrected chi connectivity index (χ0v) is 19.2. The molecule has 174 valence electrons. The summed E-state index contributed by atoms with van der Waals surface area (Å²) in [6.07, 6.45) is 3.00. The lowest BCUT2D eigenvalue weighted by atomic mass is 10.2. The number of ether oxygens (including phenoxy) is 2. The summed E-state index contributed by atoms with van der Waals surface area (Å²) in [4.78, 5) is 37.6. The molecular formula is C23H21ClN6O4. The van der Waals surface area contributed by atoms with Crippen molar-refractivity contribution in [3.8, 4) is 17.5 Å². The third-order valence-electron chi connectivity index (χ3n) is 4.88. The molecule has 0 amide bonds. The van der Waals surface area contributed by atoms with E-state index in [0.717, 1.165) is 10.1 Å². The lowest BCUT2D eigenvalue weighted by molar-refractivity contribution is 0.399. The number of methoxy groups -OCH3 is 1. The lowest BCUT2D eigenvalue weighted by Crippen LogP contribution is -2.42. The van der Waals surface area contributed by atoms with Crippen molar-refractivity contribution in [3.63, 3.8) is 0 Å². The average Bonchev–Trinajstić information content (AvgIpc) is 2.84. The fraction of sp³-hybridized carbons (Fsp3) is 0.174. The Labute approximate surface area is 199 Å². The Morgan fingerprint density at radius 2 is 1.62 bits per heavy atom. The summed E-state index contributed by atoms with van der Waals surface area (Å²) in [7, 11) is 1.53. The number of anilines is 2. The second-order valence-electron chi connectivity index (χ2n) is 7.11. The van der Waals surface area contributed by atoms with Crippen molar-refractivity contribution in [1.82, 2.24) is 24.1 Å². The van der Waals surface area contributed by atoms with Crippen LogP contribution in [-0.2, 0) is 13.1 Å². The maximum atomic E-state index is 13.0. The number of nitrogens with one attached hydrogen (secondary N) is 1. The summed E-state index contributed by atoms with van der Waals surface area (Å²) in [5, 5.41) is 3.64. The van der Waals surface area contributed by atoms with Crippen molar-refractivity contribution in [3.05, 3.63) is 92.5 Å². The summed E-state index contributed by atoms with van der Waals surface area (Å²) < 4.78 is 13.1. The molecular weight excluding hydrogens is 460 g/mol. The van der Waals surface area contributed by atoms with Crippen LogP contribution in [0.2, 0.25) is 5.02 Å². The quantitative estimate of drug-likeness (QED) is 0.408. The SMILES string of the molecule is CCn1c(=O)nc(Nc2ccc(Oc3ncc(OC)cn3)cc2)n(Cc2ccc(Cl)cc2)c1=O. The molecule has 2 heterocycles. The van der Waals surface area contributed by atoms with E-state index in [1.165, 1.54) is 24.1 Å². The van der Waals surface area contributed by atoms with E-state index < -0.39 is 11.4 Å². The third-order valence-corrected chi connectivity index (χ3v) is 5.13. The minimum Gasteiger partial charge on any atom is -0.494 e. The molecule has 0 saturated carbocycles. The first kappa shape index (κ1) is 23.0. The fourth-order valence-electron chi connectivity index (χ4n) is 3.11. The molecule has 34 heavy (non-hydrogen) atoms. The van der Waals surface area contributed by atoms with E-state index in [1.807, 2.05) is 12.1 Å². The molecule has 4 aromatic rings. The van der Waals surface area contributed by atoms with Crippen LogP contribution in [0.1, 0.15) is 12.5 Å². The van der Waals surface area contributed by atoms with Crippen LogP contribution < -0.4 is 26.2 Å². The van der Waals surface area contributed by atoms with E-state index in [4.69, 9.17) is 21.1 Å². The van der Waals surface area contributed by atoms with Gasteiger partial charge in [0.1, 0.15) is 5.75 Å². The monoisotopic (exact) mass is 480 g/mol. The zero-order chi connectivity index (χ0) is 24.1. The second kappa shape index (κ2) is 10.2. The Bertz CT molecular complexity index is 1380. The van der Waals surface area contributed by atoms with Gasteiger partial charge in [-0.05, 0) is 48.9 Å². The maximum Gasteiger partial charge on any atom is 0.354 e. The number of hydrogen-bond donors (Lipinski definition) is 1. The molecule has 0 radical (unpaired) electrons. The highest BCUT2D eigenvalue weighted by atomic mass is 35.5. The number of hydrogen-bond acceptors (Lipinski definition) is 8. The van der Waals surface area contributed by atoms with E-state index in [2.05, 4.69) is 20.3 Å². The minimum absolute atomic E-state index is 0.127. The summed E-state index contributed by atoms with van der Waals surface area (Å²) in [5.41, 5.74) is 0.352. The maximum absolute atomic E-state index is 13.0. The molecule has 10 nitrogen and oxygen atoms in total. The molecule has 0 spiro atoms. The van der Waals surface area contributed by atoms with Crippen molar-refractivity contribution < 1.29 is 9.47 Å². The van der Waals surface area contributed by atoms with Gasteiger partial charge in [-0.15, -0.1) is 0 Å². The van der Waals surface area contributed by atoms with Crippen LogP contribution in [-0.4, -0.2) is 31.2 Å². The van der Waals surface area contributed by atoms with Crippen LogP contribution in [0.25, 0.3) is 0 Å². The number of rotatable bonds is 8. The average molecular weight is 481 g/mol. The van der Waals surface area contributed by atoms with Gasteiger partial charge in [-0.3, -0.25) is 4.57 Å². The van der Waals surface area contributed by atoms with E-state index in [9.17, 15) is 9.59 Å². The van der Waals surface area contributed by atoms with Gasteiger partial charge in [-0.1, -0.05) is 23.7 Å². The topological polar surface area (TPSA) is 113 Å². The van der Waals surface area contributed by atoms with Crippen LogP contribution in [0.4, 0.5) is 11.6 Å². The molecule has 4 rings (SSSR count). The van der Waals surface area contributed by atoms with Crippen LogP contribution >= 0.6 is 11.6 Å². The van der Waals surface area contributed by atoms with Crippen molar-refractivity contribution in [2.24, 2.45) is 0 Å². The fourth-order valence-corrected chi connectivity index (χ4v) is 3.24. The van der Waals surface area contributed by atoms with Gasteiger partial charge >= 0.3 is 17.4 Å². The van der Waals surface area contributed by atoms with Crippen molar-refractivity contribution in [2.75, 3.05) is 12.4 Å². The Balaban J connectivity index is 1.59. The zero-order valence-electron chi connectivity index (χ0n) is 18.4. The first-order valence-electron chi connectivity index (χ1n) is 10.3. The van der Waals surface area contributed by atoms with Crippen LogP contribution in [0.15, 0.2) is 70.5 Å². The van der Waals surface area contributed by atoms with Gasteiger partial charge in [0.25, 0.3) is 0 Å². The largest absolute Gasteiger partial charge is 0.494 e. The highest BCUT2D eigenvalue weighted by molar-refractivity contribution is 6.30. The van der Waals surface area contributed by atoms with Crippen molar-refractivity contribution >= 4 is 23.2 Å². The smallest absolute Gasteiger partial charge is 0.354 e. The van der Waals surface area contributed by atoms with Crippen molar-refractivity contribution in [2.45, 2.75) is 20.0 Å². The van der Waals surface area contributed by atoms with Crippen LogP contribution in [0, 0.1) is 0 Å². The Kier molecular flexibility index (Phi) is 6.88. The molecule has 11 heteroatoms. The Morgan fingerprint density at radius 3 is 2.24 bits per heavy atom. The first-order chi connectivity index (χ1) is 16.5. The van der Waals surface area contributed by atoms with Crippen molar-refractivity contribution in [1.29, 1.82) is 0 Å². The van der Waals surface area contributed by atoms with Crippen LogP contribution in [0.3, 0.4) is 0 Å². The van der Waals surface area contributed by atoms with Gasteiger partial charge in [-0.2, -0.15) is 15.0 Å². The first-order valence-corrected chi connectivity index (χ1v) is 10.7. The van der Waals surface area contributed by atoms with E-state index in [-0.39, 0.29) is 25.0 Å². The molecule has 2 aromatic heterocycles. The lowest BCUT2D eigenvalue weighted by Gasteiger charge is -2.15. The molecule has 0 unspecified atom stereocenters. The van der Waals surface area contributed by atoms with E-state index in [1.54, 1.807) is 43.3 Å². The minimum atomic E-state index is -0.626. The second-order valence-corrected chi connectivity index (χ2v) is 7.55. The number of halogens is 1. The molecule has 0 aliphatic rings. The van der Waals surface area contributed by atoms with Gasteiger partial charge < -0.3 is 14.8 Å². The molecule has 0 bridgehead atoms. The standard InChI is InChI=1S/C23H21ClN6O4/c1-3-29-22(31)28-20(30(23(29)32)14-15-4-6-16(24)7-5-15)27-17-8-10-18(11-9-17)34-21-25-12-19(33-2)13-26-21/h4-13H,3,14H2,1-2H3,(H,27,28,31). The summed E-state index contributed by atoms with van der Waals surface area (Å²) in [6.45, 7) is 2.14. The summed E-state index contributed by atoms with van der Waals surface area (Å²) in [6, 6.07) is 14.1. The Hall–Kier alpha value is -4.18. The summed E-state index contributed by atoms with van der Waals surface area (Å²) >= 11 is 5.97. The number of benzene rings is 2. The predicted octanol–water partition coefficient (Wildman–Crippen LogP) is 3.46. The van der Waals surface area contributed by atoms with Gasteiger partial charge in [-0.25, -0.2) is 14.2 Å². The predicted molar refractivity (Wildman–Crippen MR) is 127 cm³/mol. The molecule has 0 aliphatic heterocycles. The molecule has 0 fully saturated rings. The van der Waals surface area contributed by atoms with Gasteiger partial charge in [0.15, 0.2) is 5.75 Å². The van der Waals surface area contributed by atoms with E-state index >= 15 is 0 Å². The van der Waals surface area contributed by atoms with Gasteiger partial charge in [0.2, 0.25) is 5.95 Å². The molecule has 2 aromatic carbocycles. The van der Waals surface area contributed by atoms with Gasteiger partial charge in [0, 0.05) is 17.3 Å². The summed E-state index contributed by atoms with van der Waals surface area (Å²) in [5.74, 6) is 1.15.